The van der Waals surface area contributed by atoms with E-state index in [1.54, 1.807) is 13.2 Å². The van der Waals surface area contributed by atoms with Crippen molar-refractivity contribution in [2.75, 3.05) is 38.2 Å². The minimum Gasteiger partial charge on any atom is -0.497 e. The Morgan fingerprint density at radius 3 is 2.71 bits per heavy atom. The van der Waals surface area contributed by atoms with E-state index in [1.165, 1.54) is 11.9 Å². The number of piperazine rings is 1. The number of hydrogen-bond donors (Lipinski definition) is 0. The van der Waals surface area contributed by atoms with Gasteiger partial charge in [0.1, 0.15) is 17.9 Å². The second-order valence-electron chi connectivity index (χ2n) is 6.84. The average Bonchev–Trinajstić information content (AvgIpc) is 3.20. The van der Waals surface area contributed by atoms with Crippen LogP contribution in [0.2, 0.25) is 0 Å². The zero-order valence-electron chi connectivity index (χ0n) is 16.4. The minimum absolute atomic E-state index is 0.0334. The molecule has 1 aliphatic heterocycles. The number of carbonyl (C=O) groups excluding carboxylic acids is 1. The molecule has 0 N–H and O–H groups in total. The lowest BCUT2D eigenvalue weighted by Gasteiger charge is -2.37. The third kappa shape index (κ3) is 3.15. The lowest BCUT2D eigenvalue weighted by molar-refractivity contribution is 0.0746. The van der Waals surface area contributed by atoms with Crippen molar-refractivity contribution in [3.05, 3.63) is 47.4 Å². The Balaban J connectivity index is 1.55. The topological polar surface area (TPSA) is 75.9 Å². The van der Waals surface area contributed by atoms with E-state index in [4.69, 9.17) is 4.74 Å². The molecule has 28 heavy (non-hydrogen) atoms. The number of carbonyl (C=O) groups is 1. The normalized spacial score (nSPS) is 14.5. The molecule has 0 bridgehead atoms. The maximum atomic E-state index is 12.9. The van der Waals surface area contributed by atoms with Crippen LogP contribution in [0.5, 0.6) is 5.75 Å². The van der Waals surface area contributed by atoms with Gasteiger partial charge in [0.15, 0.2) is 0 Å². The molecule has 0 radical (unpaired) electrons. The van der Waals surface area contributed by atoms with Crippen LogP contribution in [-0.4, -0.2) is 63.7 Å². The number of benzene rings is 1. The highest BCUT2D eigenvalue weighted by Gasteiger charge is 2.26. The van der Waals surface area contributed by atoms with Gasteiger partial charge < -0.3 is 14.5 Å². The number of amides is 1. The number of ether oxygens (including phenoxy) is 1. The molecule has 1 amide bonds. The van der Waals surface area contributed by atoms with Crippen molar-refractivity contribution in [3.8, 4) is 5.75 Å². The zero-order valence-corrected chi connectivity index (χ0v) is 16.4. The number of rotatable bonds is 4. The van der Waals surface area contributed by atoms with Crippen molar-refractivity contribution in [1.29, 1.82) is 0 Å². The van der Waals surface area contributed by atoms with Crippen molar-refractivity contribution < 1.29 is 9.53 Å². The summed E-state index contributed by atoms with van der Waals surface area (Å²) in [5.41, 5.74) is 2.80. The Morgan fingerprint density at radius 2 is 2.00 bits per heavy atom. The van der Waals surface area contributed by atoms with Gasteiger partial charge in [0.2, 0.25) is 0 Å². The van der Waals surface area contributed by atoms with Gasteiger partial charge >= 0.3 is 0 Å². The van der Waals surface area contributed by atoms with E-state index in [1.807, 2.05) is 34.5 Å². The monoisotopic (exact) mass is 380 g/mol. The number of methoxy groups -OCH3 is 1. The summed E-state index contributed by atoms with van der Waals surface area (Å²) in [5, 5.41) is 4.37. The largest absolute Gasteiger partial charge is 0.497 e. The van der Waals surface area contributed by atoms with Crippen LogP contribution < -0.4 is 9.64 Å². The SMILES string of the molecule is CCc1c(C)nc2ncnn2c1N1CCN(C(=O)c2cccc(OC)c2)CC1. The number of hydrogen-bond acceptors (Lipinski definition) is 6. The molecule has 1 saturated heterocycles. The van der Waals surface area contributed by atoms with E-state index in [9.17, 15) is 4.79 Å². The summed E-state index contributed by atoms with van der Waals surface area (Å²) in [7, 11) is 1.61. The van der Waals surface area contributed by atoms with Crippen LogP contribution in [0, 0.1) is 6.92 Å². The lowest BCUT2D eigenvalue weighted by atomic mass is 10.1. The average molecular weight is 380 g/mol. The van der Waals surface area contributed by atoms with Crippen LogP contribution >= 0.6 is 0 Å². The molecule has 146 valence electrons. The first kappa shape index (κ1) is 18.2. The molecule has 8 nitrogen and oxygen atoms in total. The van der Waals surface area contributed by atoms with E-state index in [0.717, 1.165) is 31.0 Å². The third-order valence-electron chi connectivity index (χ3n) is 5.24. The summed E-state index contributed by atoms with van der Waals surface area (Å²) < 4.78 is 7.05. The van der Waals surface area contributed by atoms with Gasteiger partial charge in [-0.1, -0.05) is 13.0 Å². The van der Waals surface area contributed by atoms with E-state index in [2.05, 4.69) is 26.9 Å². The number of aromatic nitrogens is 4. The fourth-order valence-electron chi connectivity index (χ4n) is 3.77. The summed E-state index contributed by atoms with van der Waals surface area (Å²) in [5.74, 6) is 2.37. The van der Waals surface area contributed by atoms with Crippen molar-refractivity contribution in [2.45, 2.75) is 20.3 Å². The number of anilines is 1. The first-order chi connectivity index (χ1) is 13.6. The molecule has 3 aromatic rings. The third-order valence-corrected chi connectivity index (χ3v) is 5.24. The van der Waals surface area contributed by atoms with Crippen molar-refractivity contribution in [3.63, 3.8) is 0 Å². The van der Waals surface area contributed by atoms with Gasteiger partial charge in [0.25, 0.3) is 11.7 Å². The molecule has 0 spiro atoms. The number of nitrogens with zero attached hydrogens (tertiary/aromatic N) is 6. The molecular weight excluding hydrogens is 356 g/mol. The van der Waals surface area contributed by atoms with Gasteiger partial charge in [-0.2, -0.15) is 14.6 Å². The molecule has 2 aromatic heterocycles. The molecule has 0 saturated carbocycles. The van der Waals surface area contributed by atoms with Gasteiger partial charge in [0, 0.05) is 43.0 Å². The zero-order chi connectivity index (χ0) is 19.7. The molecule has 0 aliphatic carbocycles. The van der Waals surface area contributed by atoms with Gasteiger partial charge in [-0.25, -0.2) is 4.98 Å². The quantitative estimate of drug-likeness (QED) is 0.689. The highest BCUT2D eigenvalue weighted by atomic mass is 16.5. The van der Waals surface area contributed by atoms with Crippen LogP contribution in [0.4, 0.5) is 5.82 Å². The Hall–Kier alpha value is -3.16. The van der Waals surface area contributed by atoms with E-state index >= 15 is 0 Å². The van der Waals surface area contributed by atoms with Gasteiger partial charge in [-0.3, -0.25) is 4.79 Å². The maximum absolute atomic E-state index is 12.9. The lowest BCUT2D eigenvalue weighted by Crippen LogP contribution is -2.49. The maximum Gasteiger partial charge on any atom is 0.254 e. The first-order valence-corrected chi connectivity index (χ1v) is 9.50. The molecule has 1 fully saturated rings. The predicted molar refractivity (Wildman–Crippen MR) is 106 cm³/mol. The van der Waals surface area contributed by atoms with Crippen molar-refractivity contribution >= 4 is 17.5 Å². The van der Waals surface area contributed by atoms with Crippen molar-refractivity contribution in [1.82, 2.24) is 24.5 Å². The smallest absolute Gasteiger partial charge is 0.254 e. The Bertz CT molecular complexity index is 1010. The minimum atomic E-state index is 0.0334. The van der Waals surface area contributed by atoms with Gasteiger partial charge in [-0.05, 0) is 31.5 Å². The molecule has 0 atom stereocenters. The summed E-state index contributed by atoms with van der Waals surface area (Å²) in [4.78, 5) is 25.8. The fraction of sp³-hybridized carbons (Fsp3) is 0.400. The summed E-state index contributed by atoms with van der Waals surface area (Å²) >= 11 is 0. The van der Waals surface area contributed by atoms with Crippen LogP contribution in [0.25, 0.3) is 5.78 Å². The van der Waals surface area contributed by atoms with E-state index in [0.29, 0.717) is 30.2 Å². The van der Waals surface area contributed by atoms with Crippen LogP contribution in [-0.2, 0) is 6.42 Å². The van der Waals surface area contributed by atoms with Crippen molar-refractivity contribution in [2.24, 2.45) is 0 Å². The molecule has 3 heterocycles. The van der Waals surface area contributed by atoms with Gasteiger partial charge in [-0.15, -0.1) is 0 Å². The molecule has 1 aromatic carbocycles. The predicted octanol–water partition coefficient (Wildman–Crippen LogP) is 1.97. The second kappa shape index (κ2) is 7.46. The summed E-state index contributed by atoms with van der Waals surface area (Å²) in [6.07, 6.45) is 2.40. The summed E-state index contributed by atoms with van der Waals surface area (Å²) in [6, 6.07) is 7.31. The first-order valence-electron chi connectivity index (χ1n) is 9.50. The fourth-order valence-corrected chi connectivity index (χ4v) is 3.77. The molecule has 4 rings (SSSR count). The summed E-state index contributed by atoms with van der Waals surface area (Å²) in [6.45, 7) is 6.91. The molecule has 1 aliphatic rings. The Kier molecular flexibility index (Phi) is 4.85. The molecule has 8 heteroatoms. The standard InChI is InChI=1S/C20H24N6O2/c1-4-17-14(2)23-20-21-13-22-26(20)18(17)24-8-10-25(11-9-24)19(27)15-6-5-7-16(12-15)28-3/h5-7,12-13H,4,8-11H2,1-3H3. The highest BCUT2D eigenvalue weighted by Crippen LogP contribution is 2.25. The molecule has 0 unspecified atom stereocenters. The van der Waals surface area contributed by atoms with Crippen LogP contribution in [0.3, 0.4) is 0 Å². The van der Waals surface area contributed by atoms with Crippen LogP contribution in [0.1, 0.15) is 28.5 Å². The van der Waals surface area contributed by atoms with Gasteiger partial charge in [0.05, 0.1) is 7.11 Å². The van der Waals surface area contributed by atoms with E-state index in [-0.39, 0.29) is 5.91 Å². The van der Waals surface area contributed by atoms with Crippen LogP contribution in [0.15, 0.2) is 30.6 Å². The Morgan fingerprint density at radius 1 is 1.21 bits per heavy atom. The second-order valence-corrected chi connectivity index (χ2v) is 6.84. The van der Waals surface area contributed by atoms with E-state index < -0.39 is 0 Å². The Labute approximate surface area is 163 Å². The number of fused-ring (bicyclic) bond motifs is 1. The highest BCUT2D eigenvalue weighted by molar-refractivity contribution is 5.94. The number of aryl methyl sites for hydroxylation is 1. The molecular formula is C20H24N6O2.